The van der Waals surface area contributed by atoms with Crippen molar-refractivity contribution in [2.45, 2.75) is 0 Å². The molecule has 5 heteroatoms. The van der Waals surface area contributed by atoms with Crippen molar-refractivity contribution in [1.82, 2.24) is 5.43 Å². The molecule has 0 aliphatic heterocycles. The zero-order valence-corrected chi connectivity index (χ0v) is 7.30. The van der Waals surface area contributed by atoms with Crippen molar-refractivity contribution in [1.29, 1.82) is 0 Å². The summed E-state index contributed by atoms with van der Waals surface area (Å²) >= 11 is 0. The molecule has 0 saturated heterocycles. The number of methoxy groups -OCH3 is 1. The van der Waals surface area contributed by atoms with Crippen molar-refractivity contribution in [3.8, 4) is 5.75 Å². The maximum atomic E-state index is 13.1. The molecule has 0 aliphatic carbocycles. The standard InChI is InChI=1S/C8H12FN3O/c1-13-8-3-2-6(4-7(8)9)11-5-12-10/h2-4,11-12H,5,10H2,1H3. The molecule has 1 aromatic rings. The van der Waals surface area contributed by atoms with Crippen LogP contribution >= 0.6 is 0 Å². The number of nitrogens with two attached hydrogens (primary N) is 1. The molecule has 0 spiro atoms. The zero-order chi connectivity index (χ0) is 9.68. The van der Waals surface area contributed by atoms with E-state index in [2.05, 4.69) is 10.7 Å². The summed E-state index contributed by atoms with van der Waals surface area (Å²) in [6, 6.07) is 4.60. The highest BCUT2D eigenvalue weighted by atomic mass is 19.1. The van der Waals surface area contributed by atoms with Crippen LogP contribution in [0.15, 0.2) is 18.2 Å². The van der Waals surface area contributed by atoms with Gasteiger partial charge in [-0.05, 0) is 12.1 Å². The Morgan fingerprint density at radius 2 is 2.31 bits per heavy atom. The van der Waals surface area contributed by atoms with E-state index in [0.29, 0.717) is 12.4 Å². The highest BCUT2D eigenvalue weighted by molar-refractivity contribution is 5.47. The first-order valence-corrected chi connectivity index (χ1v) is 3.79. The Bertz CT molecular complexity index is 280. The molecule has 0 saturated carbocycles. The van der Waals surface area contributed by atoms with E-state index in [0.717, 1.165) is 0 Å². The zero-order valence-electron chi connectivity index (χ0n) is 7.30. The molecular formula is C8H12FN3O. The first-order chi connectivity index (χ1) is 6.27. The molecule has 0 aliphatic rings. The van der Waals surface area contributed by atoms with Crippen LogP contribution in [0, 0.1) is 5.82 Å². The monoisotopic (exact) mass is 185 g/mol. The molecule has 0 heterocycles. The fourth-order valence-electron chi connectivity index (χ4n) is 0.929. The number of hydrogen-bond acceptors (Lipinski definition) is 4. The summed E-state index contributed by atoms with van der Waals surface area (Å²) in [5, 5.41) is 2.85. The third-order valence-electron chi connectivity index (χ3n) is 1.55. The Hall–Kier alpha value is -1.33. The van der Waals surface area contributed by atoms with Crippen molar-refractivity contribution in [3.05, 3.63) is 24.0 Å². The van der Waals surface area contributed by atoms with Gasteiger partial charge in [0, 0.05) is 11.8 Å². The van der Waals surface area contributed by atoms with Gasteiger partial charge in [-0.15, -0.1) is 0 Å². The number of hydrogen-bond donors (Lipinski definition) is 3. The molecule has 1 rings (SSSR count). The van der Waals surface area contributed by atoms with Crippen LogP contribution < -0.4 is 21.3 Å². The second-order valence-electron chi connectivity index (χ2n) is 2.41. The molecule has 1 aromatic carbocycles. The Morgan fingerprint density at radius 1 is 1.54 bits per heavy atom. The number of halogens is 1. The largest absolute Gasteiger partial charge is 0.494 e. The minimum absolute atomic E-state index is 0.228. The molecule has 4 N–H and O–H groups in total. The Kier molecular flexibility index (Phi) is 3.48. The molecule has 0 aromatic heterocycles. The summed E-state index contributed by atoms with van der Waals surface area (Å²) in [6.45, 7) is 0.381. The van der Waals surface area contributed by atoms with Crippen LogP contribution in [-0.4, -0.2) is 13.8 Å². The Morgan fingerprint density at radius 3 is 2.85 bits per heavy atom. The van der Waals surface area contributed by atoms with E-state index in [1.807, 2.05) is 0 Å². The summed E-state index contributed by atoms with van der Waals surface area (Å²) in [5.41, 5.74) is 3.05. The van der Waals surface area contributed by atoms with Gasteiger partial charge in [0.05, 0.1) is 13.8 Å². The number of nitrogens with one attached hydrogen (secondary N) is 2. The fraction of sp³-hybridized carbons (Fsp3) is 0.250. The van der Waals surface area contributed by atoms with Gasteiger partial charge in [-0.25, -0.2) is 9.82 Å². The molecule has 13 heavy (non-hydrogen) atoms. The quantitative estimate of drug-likeness (QED) is 0.366. The highest BCUT2D eigenvalue weighted by Gasteiger charge is 2.01. The van der Waals surface area contributed by atoms with Gasteiger partial charge in [0.1, 0.15) is 0 Å². The Labute approximate surface area is 75.9 Å². The summed E-state index contributed by atoms with van der Waals surface area (Å²) in [6.07, 6.45) is 0. The maximum absolute atomic E-state index is 13.1. The van der Waals surface area contributed by atoms with Crippen molar-refractivity contribution in [2.24, 2.45) is 5.84 Å². The average Bonchev–Trinajstić information content (AvgIpc) is 2.15. The maximum Gasteiger partial charge on any atom is 0.167 e. The average molecular weight is 185 g/mol. The summed E-state index contributed by atoms with van der Waals surface area (Å²) in [5.74, 6) is 4.87. The predicted molar refractivity (Wildman–Crippen MR) is 48.8 cm³/mol. The number of ether oxygens (including phenoxy) is 1. The second kappa shape index (κ2) is 4.64. The fourth-order valence-corrected chi connectivity index (χ4v) is 0.929. The smallest absolute Gasteiger partial charge is 0.167 e. The van der Waals surface area contributed by atoms with Gasteiger partial charge >= 0.3 is 0 Å². The molecule has 0 atom stereocenters. The van der Waals surface area contributed by atoms with E-state index in [1.165, 1.54) is 13.2 Å². The van der Waals surface area contributed by atoms with Gasteiger partial charge in [0.15, 0.2) is 11.6 Å². The normalized spacial score (nSPS) is 9.77. The lowest BCUT2D eigenvalue weighted by molar-refractivity contribution is 0.386. The molecule has 0 unspecified atom stereocenters. The van der Waals surface area contributed by atoms with Gasteiger partial charge in [0.2, 0.25) is 0 Å². The van der Waals surface area contributed by atoms with Gasteiger partial charge in [0.25, 0.3) is 0 Å². The first-order valence-electron chi connectivity index (χ1n) is 3.79. The van der Waals surface area contributed by atoms with Crippen LogP contribution in [-0.2, 0) is 0 Å². The third kappa shape index (κ3) is 2.57. The second-order valence-corrected chi connectivity index (χ2v) is 2.41. The van der Waals surface area contributed by atoms with Crippen LogP contribution in [0.2, 0.25) is 0 Å². The number of benzene rings is 1. The van der Waals surface area contributed by atoms with E-state index in [1.54, 1.807) is 12.1 Å². The van der Waals surface area contributed by atoms with Gasteiger partial charge in [-0.1, -0.05) is 0 Å². The first kappa shape index (κ1) is 9.76. The van der Waals surface area contributed by atoms with Crippen LogP contribution in [0.3, 0.4) is 0 Å². The summed E-state index contributed by atoms with van der Waals surface area (Å²) in [4.78, 5) is 0. The van der Waals surface area contributed by atoms with Crippen molar-refractivity contribution in [2.75, 3.05) is 19.1 Å². The molecule has 4 nitrogen and oxygen atoms in total. The summed E-state index contributed by atoms with van der Waals surface area (Å²) < 4.78 is 17.8. The lowest BCUT2D eigenvalue weighted by Crippen LogP contribution is -2.28. The molecule has 72 valence electrons. The van der Waals surface area contributed by atoms with Crippen molar-refractivity contribution < 1.29 is 9.13 Å². The van der Waals surface area contributed by atoms with E-state index < -0.39 is 5.82 Å². The number of anilines is 1. The van der Waals surface area contributed by atoms with Crippen LogP contribution in [0.5, 0.6) is 5.75 Å². The minimum Gasteiger partial charge on any atom is -0.494 e. The van der Waals surface area contributed by atoms with Crippen LogP contribution in [0.4, 0.5) is 10.1 Å². The predicted octanol–water partition coefficient (Wildman–Crippen LogP) is 0.667. The van der Waals surface area contributed by atoms with E-state index in [9.17, 15) is 4.39 Å². The lowest BCUT2D eigenvalue weighted by Gasteiger charge is -2.07. The lowest BCUT2D eigenvalue weighted by atomic mass is 10.3. The van der Waals surface area contributed by atoms with Gasteiger partial charge in [-0.2, -0.15) is 0 Å². The Balaban J connectivity index is 2.71. The van der Waals surface area contributed by atoms with Crippen molar-refractivity contribution in [3.63, 3.8) is 0 Å². The molecule has 0 amide bonds. The van der Waals surface area contributed by atoms with E-state index >= 15 is 0 Å². The van der Waals surface area contributed by atoms with Crippen molar-refractivity contribution >= 4 is 5.69 Å². The van der Waals surface area contributed by atoms with Gasteiger partial charge in [-0.3, -0.25) is 5.84 Å². The number of rotatable bonds is 4. The minimum atomic E-state index is -0.399. The molecular weight excluding hydrogens is 173 g/mol. The van der Waals surface area contributed by atoms with Crippen LogP contribution in [0.25, 0.3) is 0 Å². The van der Waals surface area contributed by atoms with Gasteiger partial charge < -0.3 is 10.1 Å². The third-order valence-corrected chi connectivity index (χ3v) is 1.55. The van der Waals surface area contributed by atoms with E-state index in [-0.39, 0.29) is 5.75 Å². The summed E-state index contributed by atoms with van der Waals surface area (Å²) in [7, 11) is 1.42. The molecule has 0 fully saturated rings. The highest BCUT2D eigenvalue weighted by Crippen LogP contribution is 2.19. The molecule has 0 bridgehead atoms. The molecule has 0 radical (unpaired) electrons. The van der Waals surface area contributed by atoms with Crippen LogP contribution in [0.1, 0.15) is 0 Å². The number of hydrazine groups is 1. The topological polar surface area (TPSA) is 59.3 Å². The van der Waals surface area contributed by atoms with E-state index in [4.69, 9.17) is 10.6 Å². The SMILES string of the molecule is COc1ccc(NCNN)cc1F.